The number of hydrogen-bond acceptors (Lipinski definition) is 6. The van der Waals surface area contributed by atoms with Crippen molar-refractivity contribution in [2.45, 2.75) is 0 Å². The number of aromatic carboxylic acids is 1. The second-order valence-corrected chi connectivity index (χ2v) is 7.21. The first kappa shape index (κ1) is 20.9. The van der Waals surface area contributed by atoms with Gasteiger partial charge in [-0.1, -0.05) is 30.0 Å². The number of nitrogens with zero attached hydrogens (tertiary/aromatic N) is 4. The van der Waals surface area contributed by atoms with Gasteiger partial charge in [0, 0.05) is 37.3 Å². The molecule has 1 aliphatic rings. The van der Waals surface area contributed by atoms with Crippen LogP contribution >= 0.6 is 0 Å². The molecule has 0 saturated carbocycles. The summed E-state index contributed by atoms with van der Waals surface area (Å²) in [6.07, 6.45) is 0. The lowest BCUT2D eigenvalue weighted by atomic mass is 10.1. The molecule has 2 aromatic carbocycles. The molecular formula is C24H20N4O4. The third kappa shape index (κ3) is 4.68. The largest absolute Gasteiger partial charge is 0.508 e. The van der Waals surface area contributed by atoms with Gasteiger partial charge in [-0.25, -0.2) is 4.79 Å². The molecule has 1 fully saturated rings. The van der Waals surface area contributed by atoms with E-state index in [0.29, 0.717) is 48.7 Å². The van der Waals surface area contributed by atoms with Gasteiger partial charge in [-0.3, -0.25) is 4.79 Å². The van der Waals surface area contributed by atoms with Crippen LogP contribution in [0.5, 0.6) is 5.75 Å². The molecule has 8 heteroatoms. The molecule has 1 saturated heterocycles. The third-order valence-electron chi connectivity index (χ3n) is 5.11. The van der Waals surface area contributed by atoms with E-state index in [0.717, 1.165) is 0 Å². The second-order valence-electron chi connectivity index (χ2n) is 7.21. The first-order chi connectivity index (χ1) is 15.5. The molecule has 1 amide bonds. The van der Waals surface area contributed by atoms with E-state index < -0.39 is 5.97 Å². The Balaban J connectivity index is 1.45. The normalized spacial score (nSPS) is 13.2. The molecule has 1 aliphatic heterocycles. The van der Waals surface area contributed by atoms with Crippen LogP contribution in [0.15, 0.2) is 60.7 Å². The standard InChI is InChI=1S/C24H20N4O4/c29-19-6-3-4-17(16-19)8-9-18-5-1-2-7-20(18)23(30)28-14-12-27(13-15-28)22-11-10-21(24(31)32)25-26-22/h1-7,10-11,16,29H,12-15H2,(H,31,32). The molecular weight excluding hydrogens is 408 g/mol. The number of piperazine rings is 1. The van der Waals surface area contributed by atoms with Crippen molar-refractivity contribution in [3.8, 4) is 17.6 Å². The fourth-order valence-corrected chi connectivity index (χ4v) is 3.42. The maximum atomic E-state index is 13.2. The summed E-state index contributed by atoms with van der Waals surface area (Å²) in [5.41, 5.74) is 1.71. The van der Waals surface area contributed by atoms with Crippen molar-refractivity contribution < 1.29 is 19.8 Å². The molecule has 3 aromatic rings. The Morgan fingerprint density at radius 1 is 0.875 bits per heavy atom. The minimum absolute atomic E-state index is 0.0993. The van der Waals surface area contributed by atoms with E-state index in [1.165, 1.54) is 6.07 Å². The van der Waals surface area contributed by atoms with Crippen LogP contribution in [0, 0.1) is 11.8 Å². The van der Waals surface area contributed by atoms with Gasteiger partial charge in [0.1, 0.15) is 5.75 Å². The number of carboxylic acids is 1. The minimum Gasteiger partial charge on any atom is -0.508 e. The molecule has 0 spiro atoms. The van der Waals surface area contributed by atoms with Crippen LogP contribution in [0.1, 0.15) is 32.0 Å². The maximum absolute atomic E-state index is 13.2. The van der Waals surface area contributed by atoms with Gasteiger partial charge in [0.05, 0.1) is 5.56 Å². The molecule has 32 heavy (non-hydrogen) atoms. The number of aromatic nitrogens is 2. The van der Waals surface area contributed by atoms with Gasteiger partial charge in [0.2, 0.25) is 0 Å². The van der Waals surface area contributed by atoms with Crippen LogP contribution in [0.2, 0.25) is 0 Å². The number of carboxylic acid groups (broad SMARTS) is 1. The molecule has 2 heterocycles. The number of hydrogen-bond donors (Lipinski definition) is 2. The number of rotatable bonds is 3. The highest BCUT2D eigenvalue weighted by molar-refractivity contribution is 5.97. The van der Waals surface area contributed by atoms with Crippen molar-refractivity contribution in [2.75, 3.05) is 31.1 Å². The lowest BCUT2D eigenvalue weighted by Crippen LogP contribution is -2.49. The quantitative estimate of drug-likeness (QED) is 0.616. The molecule has 160 valence electrons. The first-order valence-corrected chi connectivity index (χ1v) is 10.0. The summed E-state index contributed by atoms with van der Waals surface area (Å²) in [7, 11) is 0. The Bertz CT molecular complexity index is 1210. The molecule has 0 radical (unpaired) electrons. The summed E-state index contributed by atoms with van der Waals surface area (Å²) in [5.74, 6) is 5.54. The Morgan fingerprint density at radius 2 is 1.66 bits per heavy atom. The van der Waals surface area contributed by atoms with E-state index in [-0.39, 0.29) is 17.4 Å². The summed E-state index contributed by atoms with van der Waals surface area (Å²) >= 11 is 0. The van der Waals surface area contributed by atoms with Gasteiger partial charge < -0.3 is 20.0 Å². The van der Waals surface area contributed by atoms with Gasteiger partial charge in [-0.05, 0) is 42.5 Å². The van der Waals surface area contributed by atoms with Crippen LogP contribution in [-0.2, 0) is 0 Å². The van der Waals surface area contributed by atoms with Gasteiger partial charge >= 0.3 is 5.97 Å². The summed E-state index contributed by atoms with van der Waals surface area (Å²) in [4.78, 5) is 27.8. The highest BCUT2D eigenvalue weighted by Crippen LogP contribution is 2.17. The number of benzene rings is 2. The van der Waals surface area contributed by atoms with E-state index in [2.05, 4.69) is 22.0 Å². The van der Waals surface area contributed by atoms with E-state index in [4.69, 9.17) is 5.11 Å². The van der Waals surface area contributed by atoms with Crippen molar-refractivity contribution in [3.63, 3.8) is 0 Å². The summed E-state index contributed by atoms with van der Waals surface area (Å²) in [5, 5.41) is 26.2. The van der Waals surface area contributed by atoms with Crippen LogP contribution in [-0.4, -0.2) is 63.4 Å². The monoisotopic (exact) mass is 428 g/mol. The van der Waals surface area contributed by atoms with E-state index in [1.807, 2.05) is 17.0 Å². The Hall–Kier alpha value is -4.38. The highest BCUT2D eigenvalue weighted by atomic mass is 16.4. The zero-order valence-corrected chi connectivity index (χ0v) is 17.1. The second kappa shape index (κ2) is 9.18. The fraction of sp³-hybridized carbons (Fsp3) is 0.167. The maximum Gasteiger partial charge on any atom is 0.356 e. The van der Waals surface area contributed by atoms with Crippen molar-refractivity contribution in [2.24, 2.45) is 0 Å². The third-order valence-corrected chi connectivity index (χ3v) is 5.11. The zero-order chi connectivity index (χ0) is 22.5. The average Bonchev–Trinajstić information content (AvgIpc) is 2.83. The topological polar surface area (TPSA) is 107 Å². The Kier molecular flexibility index (Phi) is 5.99. The summed E-state index contributed by atoms with van der Waals surface area (Å²) in [6, 6.07) is 16.9. The number of carbonyl (C=O) groups is 2. The number of carbonyl (C=O) groups excluding carboxylic acids is 1. The van der Waals surface area contributed by atoms with Crippen LogP contribution in [0.4, 0.5) is 5.82 Å². The molecule has 1 aromatic heterocycles. The van der Waals surface area contributed by atoms with Crippen molar-refractivity contribution in [1.82, 2.24) is 15.1 Å². The van der Waals surface area contributed by atoms with Crippen molar-refractivity contribution in [1.29, 1.82) is 0 Å². The van der Waals surface area contributed by atoms with Gasteiger partial charge in [0.25, 0.3) is 5.91 Å². The smallest absolute Gasteiger partial charge is 0.356 e. The molecule has 0 bridgehead atoms. The van der Waals surface area contributed by atoms with E-state index in [1.54, 1.807) is 47.4 Å². The number of phenols is 1. The van der Waals surface area contributed by atoms with Crippen molar-refractivity contribution >= 4 is 17.7 Å². The van der Waals surface area contributed by atoms with Crippen molar-refractivity contribution in [3.05, 3.63) is 83.0 Å². The molecule has 0 aliphatic carbocycles. The number of amides is 1. The molecule has 0 unspecified atom stereocenters. The Morgan fingerprint density at radius 3 is 2.34 bits per heavy atom. The predicted molar refractivity (Wildman–Crippen MR) is 118 cm³/mol. The number of phenolic OH excluding ortho intramolecular Hbond substituents is 1. The summed E-state index contributed by atoms with van der Waals surface area (Å²) < 4.78 is 0. The lowest BCUT2D eigenvalue weighted by Gasteiger charge is -2.35. The van der Waals surface area contributed by atoms with Crippen LogP contribution in [0.3, 0.4) is 0 Å². The molecule has 0 atom stereocenters. The average molecular weight is 428 g/mol. The number of aromatic hydroxyl groups is 1. The minimum atomic E-state index is -1.12. The lowest BCUT2D eigenvalue weighted by molar-refractivity contribution is 0.0687. The zero-order valence-electron chi connectivity index (χ0n) is 17.1. The Labute approximate surface area is 184 Å². The van der Waals surface area contributed by atoms with Gasteiger partial charge in [-0.15, -0.1) is 10.2 Å². The van der Waals surface area contributed by atoms with Crippen LogP contribution in [0.25, 0.3) is 0 Å². The van der Waals surface area contributed by atoms with Gasteiger partial charge in [-0.2, -0.15) is 0 Å². The molecule has 2 N–H and O–H groups in total. The number of anilines is 1. The molecule has 4 rings (SSSR count). The van der Waals surface area contributed by atoms with E-state index >= 15 is 0 Å². The first-order valence-electron chi connectivity index (χ1n) is 10.0. The fourth-order valence-electron chi connectivity index (χ4n) is 3.42. The predicted octanol–water partition coefficient (Wildman–Crippen LogP) is 2.24. The SMILES string of the molecule is O=C(O)c1ccc(N2CCN(C(=O)c3ccccc3C#Cc3cccc(O)c3)CC2)nn1. The highest BCUT2D eigenvalue weighted by Gasteiger charge is 2.24. The molecule has 8 nitrogen and oxygen atoms in total. The van der Waals surface area contributed by atoms with Crippen LogP contribution < -0.4 is 4.90 Å². The van der Waals surface area contributed by atoms with E-state index in [9.17, 15) is 14.7 Å². The summed E-state index contributed by atoms with van der Waals surface area (Å²) in [6.45, 7) is 2.11. The van der Waals surface area contributed by atoms with Gasteiger partial charge in [0.15, 0.2) is 11.5 Å².